The Morgan fingerprint density at radius 2 is 1.66 bits per heavy atom. The van der Waals surface area contributed by atoms with Crippen LogP contribution in [0.25, 0.3) is 22.3 Å². The lowest BCUT2D eigenvalue weighted by Crippen LogP contribution is -2.36. The number of aliphatic hydroxyl groups excluding tert-OH is 1. The first kappa shape index (κ1) is 22.2. The lowest BCUT2D eigenvalue weighted by atomic mass is 10.0. The number of rotatable bonds is 4. The van der Waals surface area contributed by atoms with Gasteiger partial charge in [-0.05, 0) is 30.3 Å². The summed E-state index contributed by atoms with van der Waals surface area (Å²) >= 11 is 0. The number of benzene rings is 3. The highest BCUT2D eigenvalue weighted by Crippen LogP contribution is 2.48. The number of phenolic OH excluding ortho intramolecular Hbond substituents is 4. The minimum Gasteiger partial charge on any atom is -0.507 e. The van der Waals surface area contributed by atoms with Crippen LogP contribution in [0.3, 0.4) is 0 Å². The van der Waals surface area contributed by atoms with Gasteiger partial charge in [-0.15, -0.1) is 0 Å². The van der Waals surface area contributed by atoms with Crippen LogP contribution < -0.4 is 19.6 Å². The van der Waals surface area contributed by atoms with E-state index in [0.717, 1.165) is 6.07 Å². The van der Waals surface area contributed by atoms with E-state index in [2.05, 4.69) is 0 Å². The van der Waals surface area contributed by atoms with Crippen LogP contribution in [0.2, 0.25) is 0 Å². The van der Waals surface area contributed by atoms with Gasteiger partial charge in [-0.1, -0.05) is 6.07 Å². The molecule has 0 saturated carbocycles. The number of aromatic hydroxyl groups is 4. The zero-order valence-electron chi connectivity index (χ0n) is 18.3. The highest BCUT2D eigenvalue weighted by Gasteiger charge is 2.36. The molecule has 0 aliphatic carbocycles. The summed E-state index contributed by atoms with van der Waals surface area (Å²) in [5.74, 6) is -0.927. The van der Waals surface area contributed by atoms with Gasteiger partial charge < -0.3 is 44.2 Å². The van der Waals surface area contributed by atoms with E-state index in [1.165, 1.54) is 43.5 Å². The van der Waals surface area contributed by atoms with Gasteiger partial charge in [0.25, 0.3) is 0 Å². The molecular formula is C25H20O10. The minimum atomic E-state index is -0.934. The molecule has 2 heterocycles. The fourth-order valence-corrected chi connectivity index (χ4v) is 4.00. The van der Waals surface area contributed by atoms with E-state index >= 15 is 0 Å². The molecule has 10 nitrogen and oxygen atoms in total. The summed E-state index contributed by atoms with van der Waals surface area (Å²) in [5.41, 5.74) is 0.124. The third-order valence-electron chi connectivity index (χ3n) is 5.73. The molecular weight excluding hydrogens is 460 g/mol. The van der Waals surface area contributed by atoms with Crippen molar-refractivity contribution in [3.8, 4) is 51.6 Å². The lowest BCUT2D eigenvalue weighted by molar-refractivity contribution is -0.0119. The van der Waals surface area contributed by atoms with Crippen LogP contribution in [0.4, 0.5) is 0 Å². The van der Waals surface area contributed by atoms with Crippen LogP contribution in [-0.2, 0) is 0 Å². The topological polar surface area (TPSA) is 159 Å². The summed E-state index contributed by atoms with van der Waals surface area (Å²) in [6.07, 6.45) is -1.78. The summed E-state index contributed by atoms with van der Waals surface area (Å²) in [6.45, 7) is -0.467. The van der Waals surface area contributed by atoms with Crippen LogP contribution in [0, 0.1) is 0 Å². The molecule has 0 saturated heterocycles. The van der Waals surface area contributed by atoms with E-state index in [1.807, 2.05) is 0 Å². The molecule has 5 N–H and O–H groups in total. The zero-order valence-corrected chi connectivity index (χ0v) is 18.3. The van der Waals surface area contributed by atoms with Crippen molar-refractivity contribution in [3.05, 3.63) is 64.3 Å². The second kappa shape index (κ2) is 8.33. The molecule has 0 amide bonds. The zero-order chi connectivity index (χ0) is 24.9. The standard InChI is InChI=1S/C25H20O10/c1-32-19-7-12(3-5-14(19)28)23-21(10-26)35-24-20(34-23)9-17(31)22-16(30)8-18(33-25(22)24)11-2-4-13(27)15(29)6-11/h2-9,21,23,26-29,31H,10H2,1H3/t21-,23-/m1/s1. The first-order valence-corrected chi connectivity index (χ1v) is 10.5. The molecule has 1 aliphatic heterocycles. The first-order valence-electron chi connectivity index (χ1n) is 10.5. The number of hydrogen-bond donors (Lipinski definition) is 5. The Morgan fingerprint density at radius 1 is 0.886 bits per heavy atom. The number of aliphatic hydroxyl groups is 1. The van der Waals surface area contributed by atoms with Gasteiger partial charge in [-0.3, -0.25) is 4.79 Å². The smallest absolute Gasteiger partial charge is 0.205 e. The van der Waals surface area contributed by atoms with Crippen molar-refractivity contribution in [1.29, 1.82) is 0 Å². The van der Waals surface area contributed by atoms with Crippen molar-refractivity contribution in [3.63, 3.8) is 0 Å². The summed E-state index contributed by atoms with van der Waals surface area (Å²) in [7, 11) is 1.40. The fraction of sp³-hybridized carbons (Fsp3) is 0.160. The molecule has 0 fully saturated rings. The summed E-state index contributed by atoms with van der Waals surface area (Å²) < 4.78 is 23.1. The summed E-state index contributed by atoms with van der Waals surface area (Å²) in [4.78, 5) is 12.9. The Bertz CT molecular complexity index is 1510. The van der Waals surface area contributed by atoms with E-state index in [0.29, 0.717) is 11.1 Å². The first-order chi connectivity index (χ1) is 16.8. The van der Waals surface area contributed by atoms with E-state index in [1.54, 1.807) is 6.07 Å². The lowest BCUT2D eigenvalue weighted by Gasteiger charge is -2.33. The molecule has 3 aromatic carbocycles. The van der Waals surface area contributed by atoms with Gasteiger partial charge in [-0.25, -0.2) is 0 Å². The monoisotopic (exact) mass is 480 g/mol. The molecule has 4 aromatic rings. The summed E-state index contributed by atoms with van der Waals surface area (Å²) in [5, 5.41) is 49.8. The molecule has 1 aromatic heterocycles. The predicted molar refractivity (Wildman–Crippen MR) is 122 cm³/mol. The number of hydrogen-bond acceptors (Lipinski definition) is 10. The minimum absolute atomic E-state index is 0.000735. The van der Waals surface area contributed by atoms with Crippen LogP contribution >= 0.6 is 0 Å². The van der Waals surface area contributed by atoms with Gasteiger partial charge >= 0.3 is 0 Å². The second-order valence-corrected chi connectivity index (χ2v) is 7.91. The third kappa shape index (κ3) is 3.69. The molecule has 5 rings (SSSR count). The third-order valence-corrected chi connectivity index (χ3v) is 5.73. The molecule has 0 bridgehead atoms. The molecule has 2 atom stereocenters. The SMILES string of the molecule is COc1cc([C@H]2Oc3cc(O)c4c(=O)cc(-c5ccc(O)c(O)c5)oc4c3O[C@@H]2CO)ccc1O. The van der Waals surface area contributed by atoms with Gasteiger partial charge in [0, 0.05) is 23.3 Å². The van der Waals surface area contributed by atoms with Gasteiger partial charge in [0.15, 0.2) is 52.0 Å². The van der Waals surface area contributed by atoms with Crippen LogP contribution in [-0.4, -0.2) is 45.4 Å². The van der Waals surface area contributed by atoms with Crippen LogP contribution in [0.15, 0.2) is 57.7 Å². The van der Waals surface area contributed by atoms with Crippen molar-refractivity contribution >= 4 is 11.0 Å². The van der Waals surface area contributed by atoms with Crippen molar-refractivity contribution < 1.29 is 44.2 Å². The highest BCUT2D eigenvalue weighted by atomic mass is 16.6. The quantitative estimate of drug-likeness (QED) is 0.275. The van der Waals surface area contributed by atoms with E-state index < -0.39 is 35.7 Å². The Hall–Kier alpha value is -4.57. The second-order valence-electron chi connectivity index (χ2n) is 7.91. The molecule has 0 radical (unpaired) electrons. The van der Waals surface area contributed by atoms with Gasteiger partial charge in [0.2, 0.25) is 5.75 Å². The average molecular weight is 480 g/mol. The van der Waals surface area contributed by atoms with E-state index in [9.17, 15) is 30.3 Å². The molecule has 1 aliphatic rings. The van der Waals surface area contributed by atoms with E-state index in [-0.39, 0.29) is 45.5 Å². The predicted octanol–water partition coefficient (Wildman–Crippen LogP) is 3.16. The maximum atomic E-state index is 12.9. The van der Waals surface area contributed by atoms with Gasteiger partial charge in [-0.2, -0.15) is 0 Å². The number of ether oxygens (including phenoxy) is 3. The van der Waals surface area contributed by atoms with E-state index in [4.69, 9.17) is 18.6 Å². The Balaban J connectivity index is 1.66. The Morgan fingerprint density at radius 3 is 2.37 bits per heavy atom. The van der Waals surface area contributed by atoms with Crippen molar-refractivity contribution in [1.82, 2.24) is 0 Å². The largest absolute Gasteiger partial charge is 0.507 e. The maximum absolute atomic E-state index is 12.9. The maximum Gasteiger partial charge on any atom is 0.205 e. The molecule has 180 valence electrons. The number of phenols is 4. The Kier molecular flexibility index (Phi) is 5.29. The van der Waals surface area contributed by atoms with Crippen molar-refractivity contribution in [2.24, 2.45) is 0 Å². The van der Waals surface area contributed by atoms with Gasteiger partial charge in [0.1, 0.15) is 16.9 Å². The molecule has 10 heteroatoms. The summed E-state index contributed by atoms with van der Waals surface area (Å²) in [6, 6.07) is 10.8. The van der Waals surface area contributed by atoms with Crippen molar-refractivity contribution in [2.75, 3.05) is 13.7 Å². The number of methoxy groups -OCH3 is 1. The normalized spacial score (nSPS) is 16.9. The van der Waals surface area contributed by atoms with Crippen LogP contribution in [0.5, 0.6) is 40.2 Å². The van der Waals surface area contributed by atoms with Gasteiger partial charge in [0.05, 0.1) is 13.7 Å². The highest BCUT2D eigenvalue weighted by molar-refractivity contribution is 5.92. The average Bonchev–Trinajstić information content (AvgIpc) is 2.85. The van der Waals surface area contributed by atoms with Crippen LogP contribution in [0.1, 0.15) is 11.7 Å². The molecule has 0 spiro atoms. The Labute approximate surface area is 197 Å². The van der Waals surface area contributed by atoms with Crippen molar-refractivity contribution in [2.45, 2.75) is 12.2 Å². The molecule has 0 unspecified atom stereocenters. The molecule has 35 heavy (non-hydrogen) atoms. The number of fused-ring (bicyclic) bond motifs is 3. The fourth-order valence-electron chi connectivity index (χ4n) is 4.00.